The molecule has 1 atom stereocenters. The van der Waals surface area contributed by atoms with Crippen LogP contribution in [0.2, 0.25) is 0 Å². The van der Waals surface area contributed by atoms with Crippen LogP contribution in [0.25, 0.3) is 0 Å². The topological polar surface area (TPSA) is 72.7 Å². The summed E-state index contributed by atoms with van der Waals surface area (Å²) in [5.41, 5.74) is 1.41. The zero-order chi connectivity index (χ0) is 19.2. The van der Waals surface area contributed by atoms with Crippen molar-refractivity contribution in [2.45, 2.75) is 31.8 Å². The fourth-order valence-corrected chi connectivity index (χ4v) is 3.77. The summed E-state index contributed by atoms with van der Waals surface area (Å²) in [5.74, 6) is -1.00. The van der Waals surface area contributed by atoms with Gasteiger partial charge in [-0.25, -0.2) is 0 Å². The van der Waals surface area contributed by atoms with Gasteiger partial charge in [-0.2, -0.15) is 0 Å². The number of carbonyl (C=O) groups is 2. The summed E-state index contributed by atoms with van der Waals surface area (Å²) >= 11 is 0. The smallest absolute Gasteiger partial charge is 0.262 e. The first-order valence-corrected chi connectivity index (χ1v) is 8.90. The van der Waals surface area contributed by atoms with Gasteiger partial charge < -0.3 is 4.84 Å². The second-order valence-electron chi connectivity index (χ2n) is 7.51. The summed E-state index contributed by atoms with van der Waals surface area (Å²) in [6.45, 7) is 3.62. The van der Waals surface area contributed by atoms with Crippen LogP contribution < -0.4 is 0 Å². The van der Waals surface area contributed by atoms with Crippen molar-refractivity contribution in [3.63, 3.8) is 0 Å². The van der Waals surface area contributed by atoms with Gasteiger partial charge >= 0.3 is 0 Å². The standard InChI is InChI=1S/C21H20N2O4/c1-21(2)12-17(14-8-4-3-5-9-14)18(23(26)27-21)13-22-19(24)15-10-6-7-11-16(15)20(22)25/h3-11,17H,12-13H2,1-2H3/t17-/m1/s1. The summed E-state index contributed by atoms with van der Waals surface area (Å²) in [6, 6.07) is 16.3. The lowest BCUT2D eigenvalue weighted by Gasteiger charge is -2.36. The molecule has 0 saturated heterocycles. The molecule has 2 heterocycles. The molecule has 138 valence electrons. The second kappa shape index (κ2) is 6.23. The molecule has 0 bridgehead atoms. The van der Waals surface area contributed by atoms with Crippen LogP contribution in [0.5, 0.6) is 0 Å². The summed E-state index contributed by atoms with van der Waals surface area (Å²) in [7, 11) is 0. The number of rotatable bonds is 3. The molecule has 0 fully saturated rings. The van der Waals surface area contributed by atoms with Gasteiger partial charge in [0.2, 0.25) is 5.71 Å². The lowest BCUT2D eigenvalue weighted by molar-refractivity contribution is -0.770. The van der Waals surface area contributed by atoms with E-state index < -0.39 is 5.60 Å². The van der Waals surface area contributed by atoms with Crippen molar-refractivity contribution in [2.75, 3.05) is 6.54 Å². The third-order valence-corrected chi connectivity index (χ3v) is 5.06. The second-order valence-corrected chi connectivity index (χ2v) is 7.51. The molecule has 2 aromatic rings. The van der Waals surface area contributed by atoms with Gasteiger partial charge in [-0.05, 0) is 38.0 Å². The normalized spacial score (nSPS) is 21.3. The van der Waals surface area contributed by atoms with Crippen molar-refractivity contribution < 1.29 is 19.3 Å². The summed E-state index contributed by atoms with van der Waals surface area (Å²) in [4.78, 5) is 32.5. The molecule has 0 aromatic heterocycles. The first kappa shape index (κ1) is 17.3. The van der Waals surface area contributed by atoms with Gasteiger partial charge in [-0.1, -0.05) is 42.5 Å². The number of imide groups is 1. The Bertz CT molecular complexity index is 915. The monoisotopic (exact) mass is 364 g/mol. The zero-order valence-corrected chi connectivity index (χ0v) is 15.2. The van der Waals surface area contributed by atoms with E-state index in [0.29, 0.717) is 28.2 Å². The molecule has 27 heavy (non-hydrogen) atoms. The molecule has 2 aliphatic rings. The van der Waals surface area contributed by atoms with Crippen molar-refractivity contribution in [1.29, 1.82) is 0 Å². The Hall–Kier alpha value is -3.15. The molecule has 0 N–H and O–H groups in total. The van der Waals surface area contributed by atoms with Crippen molar-refractivity contribution in [3.05, 3.63) is 76.5 Å². The lowest BCUT2D eigenvalue weighted by atomic mass is 9.83. The Morgan fingerprint density at radius 1 is 1.04 bits per heavy atom. The number of fused-ring (bicyclic) bond motifs is 1. The minimum Gasteiger partial charge on any atom is -0.397 e. The number of hydrogen-bond donors (Lipinski definition) is 0. The SMILES string of the molecule is CC1(C)C[C@H](c2ccccc2)C(CN2C(=O)c3ccccc3C2=O)=[N+]([O-])O1. The van der Waals surface area contributed by atoms with Crippen LogP contribution in [0.4, 0.5) is 0 Å². The third-order valence-electron chi connectivity index (χ3n) is 5.06. The molecule has 0 unspecified atom stereocenters. The average molecular weight is 364 g/mol. The van der Waals surface area contributed by atoms with E-state index in [0.717, 1.165) is 10.5 Å². The predicted molar refractivity (Wildman–Crippen MR) is 99.4 cm³/mol. The Kier molecular flexibility index (Phi) is 3.98. The van der Waals surface area contributed by atoms with Gasteiger partial charge in [-0.15, -0.1) is 0 Å². The summed E-state index contributed by atoms with van der Waals surface area (Å²) < 4.78 is 0. The first-order valence-electron chi connectivity index (χ1n) is 8.90. The molecule has 2 aromatic carbocycles. The molecular weight excluding hydrogens is 344 g/mol. The summed E-state index contributed by atoms with van der Waals surface area (Å²) in [6.07, 6.45) is 0.578. The Morgan fingerprint density at radius 2 is 1.59 bits per heavy atom. The van der Waals surface area contributed by atoms with Crippen molar-refractivity contribution in [3.8, 4) is 0 Å². The van der Waals surface area contributed by atoms with Gasteiger partial charge in [0.15, 0.2) is 0 Å². The highest BCUT2D eigenvalue weighted by Crippen LogP contribution is 2.34. The maximum atomic E-state index is 12.7. The van der Waals surface area contributed by atoms with E-state index in [-0.39, 0.29) is 24.3 Å². The highest BCUT2D eigenvalue weighted by atomic mass is 16.9. The maximum absolute atomic E-state index is 12.7. The van der Waals surface area contributed by atoms with Crippen LogP contribution in [-0.2, 0) is 4.84 Å². The van der Waals surface area contributed by atoms with Crippen LogP contribution in [0.3, 0.4) is 0 Å². The first-order chi connectivity index (χ1) is 12.9. The van der Waals surface area contributed by atoms with E-state index >= 15 is 0 Å². The quantitative estimate of drug-likeness (QED) is 0.620. The van der Waals surface area contributed by atoms with Crippen LogP contribution in [0.1, 0.15) is 52.5 Å². The number of carbonyl (C=O) groups excluding carboxylic acids is 2. The number of benzene rings is 2. The van der Waals surface area contributed by atoms with E-state index in [1.54, 1.807) is 24.3 Å². The number of nitrogens with zero attached hydrogens (tertiary/aromatic N) is 2. The Labute approximate surface area is 157 Å². The minimum atomic E-state index is -0.645. The van der Waals surface area contributed by atoms with Crippen molar-refractivity contribution in [2.24, 2.45) is 0 Å². The Balaban J connectivity index is 1.71. The van der Waals surface area contributed by atoms with Crippen LogP contribution in [0, 0.1) is 5.21 Å². The lowest BCUT2D eigenvalue weighted by Crippen LogP contribution is -2.47. The molecule has 6 nitrogen and oxygen atoms in total. The number of hydrogen-bond acceptors (Lipinski definition) is 4. The average Bonchev–Trinajstić information content (AvgIpc) is 2.89. The highest BCUT2D eigenvalue weighted by Gasteiger charge is 2.43. The predicted octanol–water partition coefficient (Wildman–Crippen LogP) is 3.13. The van der Waals surface area contributed by atoms with Crippen LogP contribution in [0.15, 0.2) is 54.6 Å². The number of amides is 2. The van der Waals surface area contributed by atoms with E-state index in [9.17, 15) is 14.8 Å². The summed E-state index contributed by atoms with van der Waals surface area (Å²) in [5, 5.41) is 12.7. The highest BCUT2D eigenvalue weighted by molar-refractivity contribution is 6.22. The largest absolute Gasteiger partial charge is 0.397 e. The van der Waals surface area contributed by atoms with Crippen LogP contribution in [-0.4, -0.2) is 39.5 Å². The van der Waals surface area contributed by atoms with Gasteiger partial charge in [0.25, 0.3) is 11.8 Å². The van der Waals surface area contributed by atoms with Gasteiger partial charge in [-0.3, -0.25) is 19.7 Å². The van der Waals surface area contributed by atoms with E-state index in [1.165, 1.54) is 0 Å². The molecule has 2 aliphatic heterocycles. The molecule has 0 radical (unpaired) electrons. The van der Waals surface area contributed by atoms with E-state index in [4.69, 9.17) is 4.84 Å². The van der Waals surface area contributed by atoms with Gasteiger partial charge in [0.1, 0.15) is 6.54 Å². The minimum absolute atomic E-state index is 0.0918. The fraction of sp³-hybridized carbons (Fsp3) is 0.286. The zero-order valence-electron chi connectivity index (χ0n) is 15.2. The molecule has 4 rings (SSSR count). The molecular formula is C21H20N2O4. The fourth-order valence-electron chi connectivity index (χ4n) is 3.77. The van der Waals surface area contributed by atoms with Crippen molar-refractivity contribution >= 4 is 17.5 Å². The van der Waals surface area contributed by atoms with Gasteiger partial charge in [0, 0.05) is 4.90 Å². The van der Waals surface area contributed by atoms with E-state index in [1.807, 2.05) is 44.2 Å². The van der Waals surface area contributed by atoms with E-state index in [2.05, 4.69) is 0 Å². The van der Waals surface area contributed by atoms with Crippen LogP contribution >= 0.6 is 0 Å². The van der Waals surface area contributed by atoms with Crippen molar-refractivity contribution in [1.82, 2.24) is 4.90 Å². The maximum Gasteiger partial charge on any atom is 0.262 e. The molecule has 0 aliphatic carbocycles. The van der Waals surface area contributed by atoms with Gasteiger partial charge in [0.05, 0.1) is 22.6 Å². The third kappa shape index (κ3) is 2.97. The molecule has 0 spiro atoms. The Morgan fingerprint density at radius 3 is 2.19 bits per heavy atom. The molecule has 0 saturated carbocycles. The molecule has 2 amide bonds. The molecule has 6 heteroatoms.